The number of benzene rings is 1. The SMILES string of the molecule is Cc1cccc(C)c1OCCOC(=O)Cc1c(C)nn(CC(C)C)c1C. The van der Waals surface area contributed by atoms with Crippen LogP contribution in [0, 0.1) is 33.6 Å². The smallest absolute Gasteiger partial charge is 0.310 e. The van der Waals surface area contributed by atoms with Gasteiger partial charge in [0.1, 0.15) is 19.0 Å². The number of aryl methyl sites for hydroxylation is 3. The predicted octanol–water partition coefficient (Wildman–Crippen LogP) is 3.94. The normalized spacial score (nSPS) is 11.0. The van der Waals surface area contributed by atoms with Gasteiger partial charge in [-0.15, -0.1) is 0 Å². The monoisotopic (exact) mass is 358 g/mol. The molecular weight excluding hydrogens is 328 g/mol. The van der Waals surface area contributed by atoms with Gasteiger partial charge in [-0.25, -0.2) is 0 Å². The first-order valence-corrected chi connectivity index (χ1v) is 9.17. The summed E-state index contributed by atoms with van der Waals surface area (Å²) < 4.78 is 13.1. The molecule has 0 fully saturated rings. The second-order valence-electron chi connectivity index (χ2n) is 7.19. The maximum Gasteiger partial charge on any atom is 0.310 e. The molecule has 26 heavy (non-hydrogen) atoms. The van der Waals surface area contributed by atoms with E-state index in [0.29, 0.717) is 12.5 Å². The molecule has 0 unspecified atom stereocenters. The van der Waals surface area contributed by atoms with Crippen molar-refractivity contribution in [1.82, 2.24) is 9.78 Å². The van der Waals surface area contributed by atoms with E-state index in [4.69, 9.17) is 9.47 Å². The molecule has 2 rings (SSSR count). The van der Waals surface area contributed by atoms with Gasteiger partial charge in [-0.3, -0.25) is 9.48 Å². The minimum absolute atomic E-state index is 0.241. The molecule has 5 heteroatoms. The summed E-state index contributed by atoms with van der Waals surface area (Å²) in [4.78, 5) is 12.2. The first-order chi connectivity index (χ1) is 12.3. The standard InChI is InChI=1S/C21H30N2O3/c1-14(2)13-23-18(6)19(17(5)22-23)12-20(24)25-10-11-26-21-15(3)8-7-9-16(21)4/h7-9,14H,10-13H2,1-6H3. The van der Waals surface area contributed by atoms with Crippen LogP contribution in [0.2, 0.25) is 0 Å². The zero-order valence-electron chi connectivity index (χ0n) is 16.8. The van der Waals surface area contributed by atoms with Crippen LogP contribution in [0.25, 0.3) is 0 Å². The largest absolute Gasteiger partial charge is 0.489 e. The Morgan fingerprint density at radius 2 is 1.77 bits per heavy atom. The highest BCUT2D eigenvalue weighted by Crippen LogP contribution is 2.22. The van der Waals surface area contributed by atoms with Crippen LogP contribution < -0.4 is 4.74 Å². The fraction of sp³-hybridized carbons (Fsp3) is 0.524. The Kier molecular flexibility index (Phi) is 6.83. The van der Waals surface area contributed by atoms with Crippen LogP contribution >= 0.6 is 0 Å². The van der Waals surface area contributed by atoms with Gasteiger partial charge in [0.05, 0.1) is 12.1 Å². The number of carbonyl (C=O) groups excluding carboxylic acids is 1. The Morgan fingerprint density at radius 1 is 1.12 bits per heavy atom. The van der Waals surface area contributed by atoms with E-state index >= 15 is 0 Å². The third kappa shape index (κ3) is 5.10. The molecule has 1 aromatic carbocycles. The second kappa shape index (κ2) is 8.88. The molecule has 0 saturated heterocycles. The molecule has 1 aromatic heterocycles. The molecule has 0 aliphatic heterocycles. The van der Waals surface area contributed by atoms with Gasteiger partial charge in [-0.1, -0.05) is 32.0 Å². The van der Waals surface area contributed by atoms with E-state index in [-0.39, 0.29) is 19.0 Å². The van der Waals surface area contributed by atoms with Crippen LogP contribution in [0.5, 0.6) is 5.75 Å². The number of ether oxygens (including phenoxy) is 2. The first-order valence-electron chi connectivity index (χ1n) is 9.17. The molecule has 0 amide bonds. The average molecular weight is 358 g/mol. The lowest BCUT2D eigenvalue weighted by molar-refractivity contribution is -0.143. The molecule has 0 bridgehead atoms. The fourth-order valence-corrected chi connectivity index (χ4v) is 3.03. The van der Waals surface area contributed by atoms with Crippen molar-refractivity contribution in [3.05, 3.63) is 46.3 Å². The molecular formula is C21H30N2O3. The summed E-state index contributed by atoms with van der Waals surface area (Å²) in [7, 11) is 0. The van der Waals surface area contributed by atoms with Crippen LogP contribution in [-0.2, 0) is 22.5 Å². The number of esters is 1. The maximum atomic E-state index is 12.2. The average Bonchev–Trinajstić information content (AvgIpc) is 2.80. The van der Waals surface area contributed by atoms with Crippen LogP contribution in [0.1, 0.15) is 41.9 Å². The van der Waals surface area contributed by atoms with Gasteiger partial charge in [-0.05, 0) is 44.7 Å². The number of aromatic nitrogens is 2. The van der Waals surface area contributed by atoms with E-state index in [1.165, 1.54) is 0 Å². The molecule has 1 heterocycles. The molecule has 0 aliphatic carbocycles. The lowest BCUT2D eigenvalue weighted by atomic mass is 10.1. The van der Waals surface area contributed by atoms with Crippen molar-refractivity contribution < 1.29 is 14.3 Å². The minimum Gasteiger partial charge on any atom is -0.489 e. The summed E-state index contributed by atoms with van der Waals surface area (Å²) >= 11 is 0. The summed E-state index contributed by atoms with van der Waals surface area (Å²) in [5, 5.41) is 4.54. The van der Waals surface area contributed by atoms with Crippen molar-refractivity contribution in [3.8, 4) is 5.75 Å². The first kappa shape index (κ1) is 20.0. The summed E-state index contributed by atoms with van der Waals surface area (Å²) in [5.74, 6) is 1.13. The van der Waals surface area contributed by atoms with Gasteiger partial charge in [0, 0.05) is 17.8 Å². The van der Waals surface area contributed by atoms with Crippen LogP contribution in [0.15, 0.2) is 18.2 Å². The predicted molar refractivity (Wildman–Crippen MR) is 103 cm³/mol. The Labute approximate surface area is 156 Å². The Bertz CT molecular complexity index is 743. The number of carbonyl (C=O) groups is 1. The number of para-hydroxylation sites is 1. The lowest BCUT2D eigenvalue weighted by Crippen LogP contribution is -2.15. The van der Waals surface area contributed by atoms with Gasteiger partial charge < -0.3 is 9.47 Å². The molecule has 2 aromatic rings. The molecule has 142 valence electrons. The van der Waals surface area contributed by atoms with Gasteiger partial charge in [0.15, 0.2) is 0 Å². The van der Waals surface area contributed by atoms with Crippen LogP contribution in [-0.4, -0.2) is 29.0 Å². The second-order valence-corrected chi connectivity index (χ2v) is 7.19. The molecule has 0 radical (unpaired) electrons. The number of nitrogens with zero attached hydrogens (tertiary/aromatic N) is 2. The number of rotatable bonds is 8. The Balaban J connectivity index is 1.85. The third-order valence-corrected chi connectivity index (χ3v) is 4.39. The molecule has 0 saturated carbocycles. The van der Waals surface area contributed by atoms with Crippen LogP contribution in [0.3, 0.4) is 0 Å². The van der Waals surface area contributed by atoms with Crippen molar-refractivity contribution in [2.45, 2.75) is 54.5 Å². The molecule has 0 aliphatic rings. The summed E-state index contributed by atoms with van der Waals surface area (Å²) in [5.41, 5.74) is 5.07. The highest BCUT2D eigenvalue weighted by Gasteiger charge is 2.16. The highest BCUT2D eigenvalue weighted by molar-refractivity contribution is 5.73. The quantitative estimate of drug-likeness (QED) is 0.530. The lowest BCUT2D eigenvalue weighted by Gasteiger charge is -2.12. The van der Waals surface area contributed by atoms with Crippen LogP contribution in [0.4, 0.5) is 0 Å². The van der Waals surface area contributed by atoms with E-state index in [0.717, 1.165) is 40.4 Å². The molecule has 0 atom stereocenters. The van der Waals surface area contributed by atoms with Crippen molar-refractivity contribution in [2.24, 2.45) is 5.92 Å². The number of hydrogen-bond acceptors (Lipinski definition) is 4. The van der Waals surface area contributed by atoms with E-state index < -0.39 is 0 Å². The maximum absolute atomic E-state index is 12.2. The van der Waals surface area contributed by atoms with Gasteiger partial charge in [-0.2, -0.15) is 5.10 Å². The van der Waals surface area contributed by atoms with E-state index in [1.807, 2.05) is 50.6 Å². The molecule has 0 N–H and O–H groups in total. The Morgan fingerprint density at radius 3 is 2.38 bits per heavy atom. The van der Waals surface area contributed by atoms with Crippen molar-refractivity contribution in [3.63, 3.8) is 0 Å². The highest BCUT2D eigenvalue weighted by atomic mass is 16.6. The Hall–Kier alpha value is -2.30. The number of hydrogen-bond donors (Lipinski definition) is 0. The van der Waals surface area contributed by atoms with Gasteiger partial charge >= 0.3 is 5.97 Å². The van der Waals surface area contributed by atoms with Crippen molar-refractivity contribution in [1.29, 1.82) is 0 Å². The summed E-state index contributed by atoms with van der Waals surface area (Å²) in [6.45, 7) is 13.7. The molecule has 5 nitrogen and oxygen atoms in total. The fourth-order valence-electron chi connectivity index (χ4n) is 3.03. The van der Waals surface area contributed by atoms with E-state index in [1.54, 1.807) is 0 Å². The summed E-state index contributed by atoms with van der Waals surface area (Å²) in [6, 6.07) is 6.02. The third-order valence-electron chi connectivity index (χ3n) is 4.39. The van der Waals surface area contributed by atoms with Crippen molar-refractivity contribution >= 4 is 5.97 Å². The van der Waals surface area contributed by atoms with E-state index in [9.17, 15) is 4.79 Å². The summed E-state index contributed by atoms with van der Waals surface area (Å²) in [6.07, 6.45) is 0.249. The van der Waals surface area contributed by atoms with Crippen molar-refractivity contribution in [2.75, 3.05) is 13.2 Å². The zero-order chi connectivity index (χ0) is 19.3. The molecule has 0 spiro atoms. The van der Waals surface area contributed by atoms with E-state index in [2.05, 4.69) is 18.9 Å². The van der Waals surface area contributed by atoms with Gasteiger partial charge in [0.2, 0.25) is 0 Å². The van der Waals surface area contributed by atoms with Gasteiger partial charge in [0.25, 0.3) is 0 Å². The minimum atomic E-state index is -0.245. The topological polar surface area (TPSA) is 53.4 Å². The zero-order valence-corrected chi connectivity index (χ0v) is 16.8.